The summed E-state index contributed by atoms with van der Waals surface area (Å²) < 4.78 is 19.4. The first-order valence-corrected chi connectivity index (χ1v) is 12.9. The summed E-state index contributed by atoms with van der Waals surface area (Å²) >= 11 is 7.60. The van der Waals surface area contributed by atoms with Crippen LogP contribution in [0.5, 0.6) is 0 Å². The summed E-state index contributed by atoms with van der Waals surface area (Å²) in [5.41, 5.74) is 4.02. The van der Waals surface area contributed by atoms with Gasteiger partial charge in [-0.05, 0) is 65.8 Å². The van der Waals surface area contributed by atoms with Crippen molar-refractivity contribution in [2.45, 2.75) is 31.3 Å². The molecule has 1 aliphatic rings. The second-order valence-corrected chi connectivity index (χ2v) is 10.7. The number of anilines is 1. The Bertz CT molecular complexity index is 1460. The number of halogens is 2. The van der Waals surface area contributed by atoms with E-state index in [4.69, 9.17) is 16.3 Å². The second kappa shape index (κ2) is 10.00. The smallest absolute Gasteiger partial charge is 0.412 e. The average Bonchev–Trinajstić information content (AvgIpc) is 3.62. The highest BCUT2D eigenvalue weighted by Crippen LogP contribution is 2.48. The summed E-state index contributed by atoms with van der Waals surface area (Å²) in [6.07, 6.45) is 0.0454. The lowest BCUT2D eigenvalue weighted by Gasteiger charge is -2.14. The molecule has 1 fully saturated rings. The van der Waals surface area contributed by atoms with E-state index < -0.39 is 29.4 Å². The van der Waals surface area contributed by atoms with Crippen LogP contribution in [0.3, 0.4) is 0 Å². The van der Waals surface area contributed by atoms with Crippen LogP contribution in [0.1, 0.15) is 37.0 Å². The first-order valence-electron chi connectivity index (χ1n) is 11.7. The maximum atomic E-state index is 13.5. The maximum absolute atomic E-state index is 13.5. The molecule has 1 amide bonds. The molecular formula is C29H23ClFNO4S. The largest absolute Gasteiger partial charge is 0.481 e. The van der Waals surface area contributed by atoms with Crippen molar-refractivity contribution >= 4 is 40.7 Å². The third-order valence-corrected chi connectivity index (χ3v) is 7.93. The van der Waals surface area contributed by atoms with Crippen molar-refractivity contribution in [2.75, 3.05) is 5.32 Å². The van der Waals surface area contributed by atoms with Gasteiger partial charge in [0, 0.05) is 0 Å². The molecule has 2 N–H and O–H groups in total. The molecule has 3 aromatic carbocycles. The Balaban J connectivity index is 1.30. The van der Waals surface area contributed by atoms with Crippen molar-refractivity contribution in [2.24, 2.45) is 0 Å². The van der Waals surface area contributed by atoms with Gasteiger partial charge in [0.2, 0.25) is 0 Å². The molecule has 1 aromatic heterocycles. The van der Waals surface area contributed by atoms with Gasteiger partial charge in [-0.3, -0.25) is 10.1 Å². The van der Waals surface area contributed by atoms with Gasteiger partial charge in [0.25, 0.3) is 0 Å². The van der Waals surface area contributed by atoms with Crippen molar-refractivity contribution in [3.63, 3.8) is 0 Å². The number of hydrogen-bond acceptors (Lipinski definition) is 4. The van der Waals surface area contributed by atoms with Crippen LogP contribution in [0.15, 0.2) is 78.9 Å². The number of ether oxygens (including phenoxy) is 1. The van der Waals surface area contributed by atoms with Crippen LogP contribution in [-0.2, 0) is 14.9 Å². The van der Waals surface area contributed by atoms with E-state index in [1.807, 2.05) is 48.5 Å². The third kappa shape index (κ3) is 5.24. The molecule has 1 heterocycles. The number of amides is 1. The molecule has 8 heteroatoms. The SMILES string of the molecule is C[C@@H](OC(=O)Nc1cc(Cl)sc1-c1ccc(-c2ccc(C3(C(=O)O)CC3)cc2)cc1)c1cccc(F)c1. The van der Waals surface area contributed by atoms with Crippen molar-refractivity contribution in [1.82, 2.24) is 0 Å². The second-order valence-electron chi connectivity index (χ2n) is 9.06. The number of carboxylic acid groups (broad SMARTS) is 1. The number of aliphatic carboxylic acids is 1. The Labute approximate surface area is 222 Å². The minimum atomic E-state index is -0.768. The van der Waals surface area contributed by atoms with E-state index in [0.29, 0.717) is 28.4 Å². The molecule has 37 heavy (non-hydrogen) atoms. The highest BCUT2D eigenvalue weighted by Gasteiger charge is 2.51. The lowest BCUT2D eigenvalue weighted by molar-refractivity contribution is -0.140. The van der Waals surface area contributed by atoms with Crippen molar-refractivity contribution in [3.8, 4) is 21.6 Å². The van der Waals surface area contributed by atoms with Crippen LogP contribution >= 0.6 is 22.9 Å². The number of thiophene rings is 1. The van der Waals surface area contributed by atoms with Crippen molar-refractivity contribution in [3.05, 3.63) is 100 Å². The molecule has 0 spiro atoms. The number of nitrogens with one attached hydrogen (secondary N) is 1. The number of carbonyl (C=O) groups is 2. The average molecular weight is 536 g/mol. The summed E-state index contributed by atoms with van der Waals surface area (Å²) in [5, 5.41) is 12.3. The maximum Gasteiger partial charge on any atom is 0.412 e. The van der Waals surface area contributed by atoms with E-state index in [1.165, 1.54) is 23.5 Å². The Morgan fingerprint density at radius 1 is 1.00 bits per heavy atom. The van der Waals surface area contributed by atoms with Gasteiger partial charge >= 0.3 is 12.1 Å². The predicted molar refractivity (Wildman–Crippen MR) is 144 cm³/mol. The third-order valence-electron chi connectivity index (χ3n) is 6.62. The lowest BCUT2D eigenvalue weighted by atomic mass is 9.93. The standard InChI is InChI=1S/C29H23ClFNO4S/c1-17(21-3-2-4-23(31)15-21)36-28(35)32-24-16-25(30)37-26(24)20-7-5-18(6-8-20)19-9-11-22(12-10-19)29(13-14-29)27(33)34/h2-12,15-17H,13-14H2,1H3,(H,32,35)(H,33,34)/t17-/m1/s1. The lowest BCUT2D eigenvalue weighted by Crippen LogP contribution is -2.19. The number of hydrogen-bond donors (Lipinski definition) is 2. The molecule has 0 radical (unpaired) electrons. The molecule has 1 aliphatic carbocycles. The van der Waals surface area contributed by atoms with Gasteiger partial charge in [0.05, 0.1) is 20.3 Å². The van der Waals surface area contributed by atoms with E-state index in [2.05, 4.69) is 5.32 Å². The van der Waals surface area contributed by atoms with Crippen LogP contribution < -0.4 is 5.32 Å². The molecule has 1 saturated carbocycles. The number of carboxylic acids is 1. The van der Waals surface area contributed by atoms with Crippen LogP contribution in [0, 0.1) is 5.82 Å². The first-order chi connectivity index (χ1) is 17.7. The molecule has 5 nitrogen and oxygen atoms in total. The molecule has 5 rings (SSSR count). The number of carbonyl (C=O) groups excluding carboxylic acids is 1. The molecule has 0 bridgehead atoms. The van der Waals surface area contributed by atoms with Crippen molar-refractivity contribution < 1.29 is 23.8 Å². The van der Waals surface area contributed by atoms with Crippen LogP contribution in [0.25, 0.3) is 21.6 Å². The van der Waals surface area contributed by atoms with Gasteiger partial charge in [-0.25, -0.2) is 9.18 Å². The van der Waals surface area contributed by atoms with Gasteiger partial charge < -0.3 is 9.84 Å². The zero-order valence-electron chi connectivity index (χ0n) is 19.8. The van der Waals surface area contributed by atoms with Crippen molar-refractivity contribution in [1.29, 1.82) is 0 Å². The fraction of sp³-hybridized carbons (Fsp3) is 0.172. The Morgan fingerprint density at radius 2 is 1.62 bits per heavy atom. The van der Waals surface area contributed by atoms with E-state index in [1.54, 1.807) is 25.1 Å². The van der Waals surface area contributed by atoms with Gasteiger partial charge in [-0.1, -0.05) is 72.3 Å². The zero-order chi connectivity index (χ0) is 26.2. The predicted octanol–water partition coefficient (Wildman–Crippen LogP) is 8.30. The van der Waals surface area contributed by atoms with Gasteiger partial charge in [-0.15, -0.1) is 11.3 Å². The molecule has 0 saturated heterocycles. The van der Waals surface area contributed by atoms with E-state index in [9.17, 15) is 19.1 Å². The van der Waals surface area contributed by atoms with E-state index in [0.717, 1.165) is 27.1 Å². The van der Waals surface area contributed by atoms with E-state index >= 15 is 0 Å². The van der Waals surface area contributed by atoms with Crippen LogP contribution in [0.4, 0.5) is 14.9 Å². The van der Waals surface area contributed by atoms with Crippen LogP contribution in [-0.4, -0.2) is 17.2 Å². The quantitative estimate of drug-likeness (QED) is 0.249. The summed E-state index contributed by atoms with van der Waals surface area (Å²) in [5.74, 6) is -1.16. The zero-order valence-corrected chi connectivity index (χ0v) is 21.4. The molecule has 188 valence electrons. The summed E-state index contributed by atoms with van der Waals surface area (Å²) in [4.78, 5) is 24.9. The summed E-state index contributed by atoms with van der Waals surface area (Å²) in [7, 11) is 0. The fourth-order valence-corrected chi connectivity index (χ4v) is 5.53. The topological polar surface area (TPSA) is 75.6 Å². The van der Waals surface area contributed by atoms with E-state index in [-0.39, 0.29) is 0 Å². The monoisotopic (exact) mass is 535 g/mol. The summed E-state index contributed by atoms with van der Waals surface area (Å²) in [6.45, 7) is 1.67. The fourth-order valence-electron chi connectivity index (χ4n) is 4.34. The highest BCUT2D eigenvalue weighted by molar-refractivity contribution is 7.20. The molecule has 4 aromatic rings. The number of benzene rings is 3. The van der Waals surface area contributed by atoms with Gasteiger partial charge in [0.1, 0.15) is 11.9 Å². The van der Waals surface area contributed by atoms with Gasteiger partial charge in [-0.2, -0.15) is 0 Å². The number of rotatable bonds is 7. The molecule has 0 unspecified atom stereocenters. The van der Waals surface area contributed by atoms with Gasteiger partial charge in [0.15, 0.2) is 0 Å². The molecular weight excluding hydrogens is 513 g/mol. The minimum Gasteiger partial charge on any atom is -0.481 e. The minimum absolute atomic E-state index is 0.397. The Kier molecular flexibility index (Phi) is 6.75. The highest BCUT2D eigenvalue weighted by atomic mass is 35.5. The Hall–Kier alpha value is -3.68. The first kappa shape index (κ1) is 25.0. The summed E-state index contributed by atoms with van der Waals surface area (Å²) in [6, 6.07) is 23.1. The van der Waals surface area contributed by atoms with Crippen LogP contribution in [0.2, 0.25) is 4.34 Å². The Morgan fingerprint density at radius 3 is 2.22 bits per heavy atom. The molecule has 1 atom stereocenters. The normalized spacial score (nSPS) is 14.6. The molecule has 0 aliphatic heterocycles.